The van der Waals surface area contributed by atoms with E-state index in [1.54, 1.807) is 29.1 Å². The van der Waals surface area contributed by atoms with Gasteiger partial charge in [0.1, 0.15) is 12.4 Å². The van der Waals surface area contributed by atoms with Crippen molar-refractivity contribution in [2.75, 3.05) is 44.8 Å². The number of rotatable bonds is 15. The largest absolute Gasteiger partial charge is 1.00 e. The first kappa shape index (κ1) is 37.0. The molecule has 0 aliphatic carbocycles. The highest BCUT2D eigenvalue weighted by atomic mass is 35.5. The van der Waals surface area contributed by atoms with Gasteiger partial charge in [-0.1, -0.05) is 18.0 Å². The lowest BCUT2D eigenvalue weighted by atomic mass is 10.1. The molecule has 2 aromatic rings. The third kappa shape index (κ3) is 15.8. The number of guanidine groups is 1. The highest BCUT2D eigenvalue weighted by Gasteiger charge is 2.14. The van der Waals surface area contributed by atoms with E-state index in [4.69, 9.17) is 35.8 Å². The van der Waals surface area contributed by atoms with Crippen molar-refractivity contribution < 1.29 is 40.7 Å². The standard InChI is InChI=1S/C28H37ClN6O5.2ClH/c29-23-5-7-25(8-6-23)37-18-4-2-1-3-13-32-27(33-21-30)34-24-11-16-35(17-12-24)22-40-28(36)39-20-19-38-26-9-14-31-15-10-26;;/h5-8,11-12,16-17,26,31H,1-4,9-10,13-15,18-20,22H2,(H,32,33);2*1H. The number of piperidine rings is 1. The monoisotopic (exact) mass is 644 g/mol. The Morgan fingerprint density at radius 2 is 1.74 bits per heavy atom. The summed E-state index contributed by atoms with van der Waals surface area (Å²) < 4.78 is 23.3. The van der Waals surface area contributed by atoms with Gasteiger partial charge in [0.05, 0.1) is 25.0 Å². The Hall–Kier alpha value is -3.01. The number of hydrogen-bond donors (Lipinski definition) is 3. The molecule has 0 radical (unpaired) electrons. The average Bonchev–Trinajstić information content (AvgIpc) is 2.98. The zero-order valence-electron chi connectivity index (χ0n) is 23.4. The number of nitrogens with one attached hydrogen (secondary N) is 3. The molecule has 1 fully saturated rings. The number of halogens is 3. The highest BCUT2D eigenvalue weighted by molar-refractivity contribution is 6.30. The molecule has 0 amide bonds. The predicted molar refractivity (Wildman–Crippen MR) is 158 cm³/mol. The number of benzene rings is 1. The molecule has 0 spiro atoms. The van der Waals surface area contributed by atoms with E-state index in [1.165, 1.54) is 0 Å². The fourth-order valence-electron chi connectivity index (χ4n) is 3.88. The zero-order chi connectivity index (χ0) is 28.3. The summed E-state index contributed by atoms with van der Waals surface area (Å²) >= 11 is 5.88. The second kappa shape index (κ2) is 22.6. The SMILES string of the molecule is Cl.N#CNC(=NCCCCCCOc1ccc(Cl)cc1)Nc1cc[n+](COC(=O)OCCOC2CCNCC2)cc1.[Cl-]. The van der Waals surface area contributed by atoms with Crippen LogP contribution in [0.1, 0.15) is 38.5 Å². The summed E-state index contributed by atoms with van der Waals surface area (Å²) in [6.07, 6.45) is 10.7. The molecule has 2 heterocycles. The smallest absolute Gasteiger partial charge is 0.513 e. The van der Waals surface area contributed by atoms with Crippen molar-refractivity contribution in [3.05, 3.63) is 53.8 Å². The van der Waals surface area contributed by atoms with Gasteiger partial charge in [0.15, 0.2) is 18.6 Å². The van der Waals surface area contributed by atoms with Gasteiger partial charge < -0.3 is 42.0 Å². The van der Waals surface area contributed by atoms with Crippen molar-refractivity contribution in [3.63, 3.8) is 0 Å². The summed E-state index contributed by atoms with van der Waals surface area (Å²) in [6, 6.07) is 10.9. The second-order valence-electron chi connectivity index (χ2n) is 9.10. The summed E-state index contributed by atoms with van der Waals surface area (Å²) in [6.45, 7) is 3.66. The molecule has 3 N–H and O–H groups in total. The first-order valence-electron chi connectivity index (χ1n) is 13.6. The molecule has 11 nitrogen and oxygen atoms in total. The molecule has 1 aliphatic rings. The zero-order valence-corrected chi connectivity index (χ0v) is 25.8. The van der Waals surface area contributed by atoms with Crippen LogP contribution in [-0.2, 0) is 20.9 Å². The number of aromatic nitrogens is 1. The second-order valence-corrected chi connectivity index (χ2v) is 9.54. The fourth-order valence-corrected chi connectivity index (χ4v) is 4.00. The maximum absolute atomic E-state index is 11.8. The minimum Gasteiger partial charge on any atom is -1.00 e. The molecule has 1 aliphatic heterocycles. The molecule has 0 atom stereocenters. The lowest BCUT2D eigenvalue weighted by Crippen LogP contribution is -3.00. The molecular weight excluding hydrogens is 607 g/mol. The number of unbranched alkanes of at least 4 members (excludes halogenated alkanes) is 3. The van der Waals surface area contributed by atoms with Crippen LogP contribution in [0.25, 0.3) is 0 Å². The van der Waals surface area contributed by atoms with Crippen LogP contribution in [0.4, 0.5) is 10.5 Å². The van der Waals surface area contributed by atoms with Gasteiger partial charge >= 0.3 is 6.16 Å². The lowest BCUT2D eigenvalue weighted by Gasteiger charge is -2.22. The van der Waals surface area contributed by atoms with Crippen LogP contribution >= 0.6 is 24.0 Å². The number of ether oxygens (including phenoxy) is 4. The van der Waals surface area contributed by atoms with Crippen LogP contribution in [0.5, 0.6) is 5.75 Å². The number of nitriles is 1. The molecule has 42 heavy (non-hydrogen) atoms. The summed E-state index contributed by atoms with van der Waals surface area (Å²) in [4.78, 5) is 16.3. The molecule has 1 aromatic heterocycles. The van der Waals surface area contributed by atoms with Gasteiger partial charge in [-0.25, -0.2) is 4.79 Å². The van der Waals surface area contributed by atoms with E-state index < -0.39 is 6.16 Å². The summed E-state index contributed by atoms with van der Waals surface area (Å²) in [5, 5.41) is 18.7. The van der Waals surface area contributed by atoms with Gasteiger partial charge in [-0.05, 0) is 69.5 Å². The minimum absolute atomic E-state index is 0. The van der Waals surface area contributed by atoms with E-state index in [0.29, 0.717) is 30.7 Å². The van der Waals surface area contributed by atoms with Crippen LogP contribution in [0.2, 0.25) is 5.02 Å². The molecule has 1 saturated heterocycles. The highest BCUT2D eigenvalue weighted by Crippen LogP contribution is 2.16. The topological polar surface area (TPSA) is 130 Å². The van der Waals surface area contributed by atoms with E-state index in [2.05, 4.69) is 20.9 Å². The number of aliphatic imine (C=N–C) groups is 1. The first-order chi connectivity index (χ1) is 19.6. The summed E-state index contributed by atoms with van der Waals surface area (Å²) in [7, 11) is 0. The van der Waals surface area contributed by atoms with Crippen molar-refractivity contribution in [2.45, 2.75) is 51.4 Å². The molecule has 3 rings (SSSR count). The Labute approximate surface area is 264 Å². The van der Waals surface area contributed by atoms with E-state index in [-0.39, 0.29) is 44.3 Å². The molecule has 1 aromatic carbocycles. The van der Waals surface area contributed by atoms with Crippen molar-refractivity contribution in [1.82, 2.24) is 10.6 Å². The minimum atomic E-state index is -0.745. The Morgan fingerprint density at radius 1 is 1.02 bits per heavy atom. The van der Waals surface area contributed by atoms with Crippen molar-refractivity contribution in [1.29, 1.82) is 5.26 Å². The van der Waals surface area contributed by atoms with Crippen LogP contribution in [0, 0.1) is 11.5 Å². The van der Waals surface area contributed by atoms with Gasteiger partial charge in [0, 0.05) is 23.7 Å². The fraction of sp³-hybridized carbons (Fsp3) is 0.500. The van der Waals surface area contributed by atoms with Crippen LogP contribution in [-0.4, -0.2) is 57.7 Å². The maximum Gasteiger partial charge on any atom is 0.513 e. The third-order valence-electron chi connectivity index (χ3n) is 6.01. The van der Waals surface area contributed by atoms with E-state index >= 15 is 0 Å². The van der Waals surface area contributed by atoms with E-state index in [0.717, 1.165) is 63.1 Å². The van der Waals surface area contributed by atoms with E-state index in [9.17, 15) is 4.79 Å². The maximum atomic E-state index is 11.8. The predicted octanol–water partition coefficient (Wildman–Crippen LogP) is 1.41. The number of pyridine rings is 1. The molecule has 0 saturated carbocycles. The Bertz CT molecular complexity index is 1080. The van der Waals surface area contributed by atoms with Crippen molar-refractivity contribution in [2.24, 2.45) is 4.99 Å². The summed E-state index contributed by atoms with van der Waals surface area (Å²) in [5.74, 6) is 1.19. The van der Waals surface area contributed by atoms with E-state index in [1.807, 2.05) is 30.5 Å². The third-order valence-corrected chi connectivity index (χ3v) is 6.26. The molecular formula is C28H39Cl3N6O5. The number of carbonyl (C=O) groups excluding carboxylic acids is 1. The molecule has 0 unspecified atom stereocenters. The normalized spacial score (nSPS) is 13.1. The molecule has 14 heteroatoms. The number of anilines is 1. The Kier molecular flexibility index (Phi) is 19.9. The van der Waals surface area contributed by atoms with Crippen molar-refractivity contribution in [3.8, 4) is 11.9 Å². The number of carbonyl (C=O) groups is 1. The van der Waals surface area contributed by atoms with Crippen molar-refractivity contribution >= 4 is 41.8 Å². The van der Waals surface area contributed by atoms with Crippen LogP contribution in [0.15, 0.2) is 53.8 Å². The first-order valence-corrected chi connectivity index (χ1v) is 14.0. The lowest BCUT2D eigenvalue weighted by molar-refractivity contribution is -0.727. The molecule has 0 bridgehead atoms. The van der Waals surface area contributed by atoms with Gasteiger partial charge in [-0.3, -0.25) is 10.3 Å². The number of hydrogen-bond acceptors (Lipinski definition) is 8. The number of nitrogens with zero attached hydrogens (tertiary/aromatic N) is 3. The summed E-state index contributed by atoms with van der Waals surface area (Å²) in [5.41, 5.74) is 0.731. The van der Waals surface area contributed by atoms with Gasteiger partial charge in [0.2, 0.25) is 5.96 Å². The van der Waals surface area contributed by atoms with Gasteiger partial charge in [-0.2, -0.15) is 9.83 Å². The quantitative estimate of drug-likeness (QED) is 0.0501. The Balaban J connectivity index is 0.00000441. The van der Waals surface area contributed by atoms with Crippen LogP contribution in [0.3, 0.4) is 0 Å². The molecule has 232 valence electrons. The average molecular weight is 646 g/mol. The van der Waals surface area contributed by atoms with Crippen LogP contribution < -0.4 is 37.7 Å². The van der Waals surface area contributed by atoms with Gasteiger partial charge in [0.25, 0.3) is 6.73 Å². The van der Waals surface area contributed by atoms with Gasteiger partial charge in [-0.15, -0.1) is 12.4 Å². The Morgan fingerprint density at radius 3 is 2.45 bits per heavy atom.